The van der Waals surface area contributed by atoms with Gasteiger partial charge in [0, 0.05) is 13.1 Å². The van der Waals surface area contributed by atoms with Gasteiger partial charge in [0.2, 0.25) is 15.7 Å². The smallest absolute Gasteiger partial charge is 0.395 e. The van der Waals surface area contributed by atoms with Gasteiger partial charge in [-0.05, 0) is 42.8 Å². The zero-order valence-electron chi connectivity index (χ0n) is 16.4. The number of hydrogen-bond donors (Lipinski definition) is 4. The lowest BCUT2D eigenvalue weighted by molar-refractivity contribution is -0.137. The number of allylic oxidation sites excluding steroid dienone is 2. The third-order valence-corrected chi connectivity index (χ3v) is 6.62. The summed E-state index contributed by atoms with van der Waals surface area (Å²) in [5.41, 5.74) is -0.231. The summed E-state index contributed by atoms with van der Waals surface area (Å²) in [6.45, 7) is 0.851. The lowest BCUT2D eigenvalue weighted by atomic mass is 10.0. The van der Waals surface area contributed by atoms with E-state index in [9.17, 15) is 26.4 Å². The minimum Gasteiger partial charge on any atom is -0.395 e. The van der Waals surface area contributed by atoms with Crippen LogP contribution in [0.2, 0.25) is 0 Å². The van der Waals surface area contributed by atoms with E-state index in [4.69, 9.17) is 5.11 Å². The number of sulfone groups is 1. The van der Waals surface area contributed by atoms with Crippen LogP contribution in [0.1, 0.15) is 12.0 Å². The highest BCUT2D eigenvalue weighted by Gasteiger charge is 2.34. The van der Waals surface area contributed by atoms with Gasteiger partial charge in [0.1, 0.15) is 6.04 Å². The van der Waals surface area contributed by atoms with E-state index in [1.54, 1.807) is 6.08 Å². The molecule has 2 aliphatic rings. The van der Waals surface area contributed by atoms with Crippen molar-refractivity contribution in [1.82, 2.24) is 16.0 Å². The number of amides is 1. The minimum absolute atomic E-state index is 0.0336. The molecule has 0 aliphatic carbocycles. The third kappa shape index (κ3) is 5.17. The van der Waals surface area contributed by atoms with Crippen molar-refractivity contribution in [1.29, 1.82) is 0 Å². The monoisotopic (exact) mass is 457 g/mol. The van der Waals surface area contributed by atoms with E-state index in [-0.39, 0.29) is 23.8 Å². The van der Waals surface area contributed by atoms with Crippen molar-refractivity contribution in [3.63, 3.8) is 0 Å². The molecule has 2 heterocycles. The maximum atomic E-state index is 13.3. The molecule has 0 radical (unpaired) electrons. The minimum atomic E-state index is -4.68. The first kappa shape index (κ1) is 23.0. The number of halogens is 3. The third-order valence-electron chi connectivity index (χ3n) is 4.83. The van der Waals surface area contributed by atoms with Gasteiger partial charge >= 0.3 is 6.18 Å². The Labute approximate surface area is 177 Å². The van der Waals surface area contributed by atoms with Crippen LogP contribution in [0, 0.1) is 0 Å². The van der Waals surface area contributed by atoms with Crippen LogP contribution in [0.15, 0.2) is 63.6 Å². The first-order chi connectivity index (χ1) is 14.6. The molecule has 4 N–H and O–H groups in total. The predicted octanol–water partition coefficient (Wildman–Crippen LogP) is 1.25. The largest absolute Gasteiger partial charge is 0.416 e. The van der Waals surface area contributed by atoms with Crippen LogP contribution >= 0.6 is 0 Å². The number of aliphatic hydroxyl groups is 1. The first-order valence-electron chi connectivity index (χ1n) is 9.54. The van der Waals surface area contributed by atoms with E-state index in [2.05, 4.69) is 16.0 Å². The van der Waals surface area contributed by atoms with E-state index >= 15 is 0 Å². The number of hydrogen-bond acceptors (Lipinski definition) is 6. The summed E-state index contributed by atoms with van der Waals surface area (Å²) in [6.07, 6.45) is 0.140. The first-order valence-corrected chi connectivity index (χ1v) is 11.0. The van der Waals surface area contributed by atoms with Gasteiger partial charge in [-0.15, -0.1) is 0 Å². The summed E-state index contributed by atoms with van der Waals surface area (Å²) in [7, 11) is -4.31. The Morgan fingerprint density at radius 1 is 1.29 bits per heavy atom. The van der Waals surface area contributed by atoms with Crippen LogP contribution in [0.25, 0.3) is 0 Å². The molecule has 1 aromatic carbocycles. The fourth-order valence-corrected chi connectivity index (χ4v) is 4.78. The summed E-state index contributed by atoms with van der Waals surface area (Å²) in [4.78, 5) is 11.6. The number of alkyl halides is 3. The fourth-order valence-electron chi connectivity index (χ4n) is 3.27. The lowest BCUT2D eigenvalue weighted by Gasteiger charge is -2.27. The van der Waals surface area contributed by atoms with Crippen LogP contribution in [-0.2, 0) is 20.8 Å². The lowest BCUT2D eigenvalue weighted by Crippen LogP contribution is -2.45. The molecule has 0 saturated carbocycles. The van der Waals surface area contributed by atoms with E-state index in [0.29, 0.717) is 31.1 Å². The maximum absolute atomic E-state index is 13.3. The molecule has 1 aromatic rings. The predicted molar refractivity (Wildman–Crippen MR) is 107 cm³/mol. The number of rotatable bonds is 6. The molecule has 0 spiro atoms. The van der Waals surface area contributed by atoms with E-state index < -0.39 is 38.4 Å². The van der Waals surface area contributed by atoms with Crippen molar-refractivity contribution in [2.45, 2.75) is 23.5 Å². The molecule has 0 fully saturated rings. The molecule has 1 unspecified atom stereocenters. The maximum Gasteiger partial charge on any atom is 0.416 e. The molecule has 31 heavy (non-hydrogen) atoms. The van der Waals surface area contributed by atoms with Crippen molar-refractivity contribution in [2.75, 3.05) is 26.2 Å². The van der Waals surface area contributed by atoms with Crippen LogP contribution in [-0.4, -0.2) is 51.7 Å². The van der Waals surface area contributed by atoms with Gasteiger partial charge in [0.25, 0.3) is 0 Å². The molecule has 1 atom stereocenters. The van der Waals surface area contributed by atoms with E-state index in [1.807, 2.05) is 0 Å². The summed E-state index contributed by atoms with van der Waals surface area (Å²) < 4.78 is 65.8. The zero-order chi connectivity index (χ0) is 22.6. The summed E-state index contributed by atoms with van der Waals surface area (Å²) in [5, 5.41) is 17.4. The Morgan fingerprint density at radius 3 is 2.71 bits per heavy atom. The van der Waals surface area contributed by atoms with Crippen molar-refractivity contribution < 1.29 is 31.5 Å². The average Bonchev–Trinajstić information content (AvgIpc) is 2.77. The molecule has 3 rings (SSSR count). The van der Waals surface area contributed by atoms with Gasteiger partial charge in [-0.3, -0.25) is 4.79 Å². The summed E-state index contributed by atoms with van der Waals surface area (Å²) >= 11 is 0. The number of nitrogens with one attached hydrogen (secondary N) is 3. The van der Waals surface area contributed by atoms with Gasteiger partial charge < -0.3 is 21.1 Å². The fraction of sp³-hybridized carbons (Fsp3) is 0.350. The van der Waals surface area contributed by atoms with E-state index in [0.717, 1.165) is 18.2 Å². The van der Waals surface area contributed by atoms with Gasteiger partial charge in [-0.2, -0.15) is 13.2 Å². The van der Waals surface area contributed by atoms with Gasteiger partial charge in [-0.25, -0.2) is 8.42 Å². The molecule has 0 bridgehead atoms. The molecule has 0 aromatic heterocycles. The Bertz CT molecular complexity index is 1050. The van der Waals surface area contributed by atoms with E-state index in [1.165, 1.54) is 12.2 Å². The van der Waals surface area contributed by atoms with Crippen molar-refractivity contribution >= 4 is 15.7 Å². The number of carbonyl (C=O) groups excluding carboxylic acids is 1. The van der Waals surface area contributed by atoms with Crippen molar-refractivity contribution in [2.24, 2.45) is 0 Å². The van der Waals surface area contributed by atoms with Gasteiger partial charge in [0.05, 0.1) is 27.7 Å². The molecular weight excluding hydrogens is 435 g/mol. The molecule has 11 heteroatoms. The van der Waals surface area contributed by atoms with Crippen molar-refractivity contribution in [3.8, 4) is 0 Å². The molecular formula is C20H22F3N3O4S. The highest BCUT2D eigenvalue weighted by Crippen LogP contribution is 2.34. The number of aliphatic hydroxyl groups excluding tert-OH is 1. The number of dihydropyridines is 1. The standard InChI is InChI=1S/C20H22F3N3O4S/c21-20(22,23)14-2-1-3-15(12-14)31(29,30)17-5-4-16(19(28)25-10-11-27)26-18(17)13-6-8-24-9-7-13/h1-6,12,16,24,26-27H,7-11H2,(H,25,28). The van der Waals surface area contributed by atoms with Crippen LogP contribution in [0.4, 0.5) is 13.2 Å². The Hall–Kier alpha value is -2.63. The number of carbonyl (C=O) groups is 1. The zero-order valence-corrected chi connectivity index (χ0v) is 17.2. The topological polar surface area (TPSA) is 108 Å². The SMILES string of the molecule is O=C(NCCO)C1C=CC(S(=O)(=O)c2cccc(C(F)(F)F)c2)=C(C2=CCNCC2)N1. The molecule has 0 saturated heterocycles. The quantitative estimate of drug-likeness (QED) is 0.512. The van der Waals surface area contributed by atoms with Crippen LogP contribution in [0.5, 0.6) is 0 Å². The molecule has 1 amide bonds. The Morgan fingerprint density at radius 2 is 2.06 bits per heavy atom. The molecule has 7 nitrogen and oxygen atoms in total. The van der Waals surface area contributed by atoms with Crippen LogP contribution < -0.4 is 16.0 Å². The van der Waals surface area contributed by atoms with Gasteiger partial charge in [-0.1, -0.05) is 18.2 Å². The second kappa shape index (κ2) is 9.25. The van der Waals surface area contributed by atoms with Crippen LogP contribution in [0.3, 0.4) is 0 Å². The normalized spacial score (nSPS) is 19.6. The van der Waals surface area contributed by atoms with Gasteiger partial charge in [0.15, 0.2) is 0 Å². The highest BCUT2D eigenvalue weighted by molar-refractivity contribution is 7.95. The average molecular weight is 457 g/mol. The second-order valence-corrected chi connectivity index (χ2v) is 8.87. The summed E-state index contributed by atoms with van der Waals surface area (Å²) in [6, 6.07) is 2.67. The highest BCUT2D eigenvalue weighted by atomic mass is 32.2. The Kier molecular flexibility index (Phi) is 6.87. The molecule has 2 aliphatic heterocycles. The molecule has 168 valence electrons. The summed E-state index contributed by atoms with van der Waals surface area (Å²) in [5.74, 6) is -0.465. The second-order valence-electron chi connectivity index (χ2n) is 6.95. The van der Waals surface area contributed by atoms with Crippen molar-refractivity contribution in [3.05, 3.63) is 64.2 Å². The number of benzene rings is 1. The Balaban J connectivity index is 2.05.